The summed E-state index contributed by atoms with van der Waals surface area (Å²) in [6.45, 7) is 1.84. The van der Waals surface area contributed by atoms with Crippen molar-refractivity contribution < 1.29 is 15.0 Å². The molecule has 116 valence electrons. The van der Waals surface area contributed by atoms with Crippen molar-refractivity contribution in [3.8, 4) is 17.6 Å². The summed E-state index contributed by atoms with van der Waals surface area (Å²) in [7, 11) is 0. The van der Waals surface area contributed by atoms with Gasteiger partial charge in [-0.1, -0.05) is 6.07 Å². The molecule has 6 nitrogen and oxygen atoms in total. The number of benzene rings is 2. The Morgan fingerprint density at radius 1 is 1.17 bits per heavy atom. The highest BCUT2D eigenvalue weighted by atomic mass is 16.3. The minimum Gasteiger partial charge on any atom is -0.508 e. The average Bonchev–Trinajstić information content (AvgIpc) is 2.52. The Morgan fingerprint density at radius 3 is 2.48 bits per heavy atom. The number of rotatable bonds is 4. The molecule has 6 heteroatoms. The van der Waals surface area contributed by atoms with E-state index in [0.29, 0.717) is 11.4 Å². The number of carbonyl (C=O) groups is 1. The summed E-state index contributed by atoms with van der Waals surface area (Å²) in [6, 6.07) is 12.7. The second kappa shape index (κ2) is 7.00. The second-order valence-electron chi connectivity index (χ2n) is 4.84. The van der Waals surface area contributed by atoms with Gasteiger partial charge in [0.1, 0.15) is 23.1 Å². The molecule has 1 amide bonds. The molecule has 23 heavy (non-hydrogen) atoms. The van der Waals surface area contributed by atoms with Crippen molar-refractivity contribution in [2.24, 2.45) is 0 Å². The first-order valence-electron chi connectivity index (χ1n) is 6.76. The summed E-state index contributed by atoms with van der Waals surface area (Å²) in [4.78, 5) is 12.0. The number of nitriles is 1. The van der Waals surface area contributed by atoms with Crippen LogP contribution in [0.25, 0.3) is 0 Å². The van der Waals surface area contributed by atoms with E-state index in [2.05, 4.69) is 10.6 Å². The van der Waals surface area contributed by atoms with E-state index in [9.17, 15) is 15.0 Å². The number of carbonyl (C=O) groups excluding carboxylic acids is 1. The molecule has 0 radical (unpaired) electrons. The van der Waals surface area contributed by atoms with Crippen LogP contribution in [0.5, 0.6) is 11.5 Å². The van der Waals surface area contributed by atoms with Gasteiger partial charge in [0.2, 0.25) is 0 Å². The third-order valence-electron chi connectivity index (χ3n) is 3.02. The Bertz CT molecular complexity index is 790. The molecule has 0 bridgehead atoms. The van der Waals surface area contributed by atoms with Gasteiger partial charge in [-0.2, -0.15) is 5.26 Å². The number of hydrogen-bond acceptors (Lipinski definition) is 5. The SMILES string of the molecule is Cc1ccc(N/C=C(/C#N)C(=O)Nc2ccc(O)cc2)c(O)c1. The summed E-state index contributed by atoms with van der Waals surface area (Å²) in [5.41, 5.74) is 1.58. The van der Waals surface area contributed by atoms with Crippen molar-refractivity contribution in [3.63, 3.8) is 0 Å². The van der Waals surface area contributed by atoms with Gasteiger partial charge in [0.15, 0.2) is 0 Å². The lowest BCUT2D eigenvalue weighted by Gasteiger charge is -2.07. The third kappa shape index (κ3) is 4.25. The highest BCUT2D eigenvalue weighted by Gasteiger charge is 2.10. The highest BCUT2D eigenvalue weighted by Crippen LogP contribution is 2.24. The smallest absolute Gasteiger partial charge is 0.267 e. The predicted molar refractivity (Wildman–Crippen MR) is 86.9 cm³/mol. The highest BCUT2D eigenvalue weighted by molar-refractivity contribution is 6.06. The predicted octanol–water partition coefficient (Wildman–Crippen LogP) is 2.86. The largest absolute Gasteiger partial charge is 0.508 e. The molecule has 0 saturated carbocycles. The number of anilines is 2. The number of amides is 1. The Labute approximate surface area is 133 Å². The van der Waals surface area contributed by atoms with Crippen LogP contribution in [0.3, 0.4) is 0 Å². The molecule has 4 N–H and O–H groups in total. The maximum absolute atomic E-state index is 12.0. The topological polar surface area (TPSA) is 105 Å². The van der Waals surface area contributed by atoms with Gasteiger partial charge in [0.05, 0.1) is 5.69 Å². The molecule has 0 aliphatic heterocycles. The molecule has 0 fully saturated rings. The van der Waals surface area contributed by atoms with Crippen LogP contribution in [-0.2, 0) is 4.79 Å². The molecule has 0 aliphatic rings. The summed E-state index contributed by atoms with van der Waals surface area (Å²) >= 11 is 0. The van der Waals surface area contributed by atoms with Gasteiger partial charge in [0.25, 0.3) is 5.91 Å². The van der Waals surface area contributed by atoms with Crippen molar-refractivity contribution in [1.29, 1.82) is 5.26 Å². The van der Waals surface area contributed by atoms with Gasteiger partial charge >= 0.3 is 0 Å². The Balaban J connectivity index is 2.10. The van der Waals surface area contributed by atoms with E-state index in [1.165, 1.54) is 30.5 Å². The van der Waals surface area contributed by atoms with E-state index in [4.69, 9.17) is 5.26 Å². The lowest BCUT2D eigenvalue weighted by molar-refractivity contribution is -0.112. The van der Waals surface area contributed by atoms with Gasteiger partial charge < -0.3 is 20.8 Å². The Hall–Kier alpha value is -3.46. The lowest BCUT2D eigenvalue weighted by Crippen LogP contribution is -2.14. The van der Waals surface area contributed by atoms with E-state index in [-0.39, 0.29) is 17.1 Å². The fourth-order valence-electron chi connectivity index (χ4n) is 1.81. The molecule has 0 aromatic heterocycles. The number of nitrogens with zero attached hydrogens (tertiary/aromatic N) is 1. The Morgan fingerprint density at radius 2 is 1.87 bits per heavy atom. The van der Waals surface area contributed by atoms with Crippen LogP contribution in [0.1, 0.15) is 5.56 Å². The monoisotopic (exact) mass is 309 g/mol. The number of hydrogen-bond donors (Lipinski definition) is 4. The van der Waals surface area contributed by atoms with Crippen molar-refractivity contribution in [2.45, 2.75) is 6.92 Å². The maximum Gasteiger partial charge on any atom is 0.267 e. The maximum atomic E-state index is 12.0. The summed E-state index contributed by atoms with van der Waals surface area (Å²) < 4.78 is 0. The average molecular weight is 309 g/mol. The van der Waals surface area contributed by atoms with Crippen molar-refractivity contribution in [3.05, 3.63) is 59.8 Å². The first kappa shape index (κ1) is 15.9. The lowest BCUT2D eigenvalue weighted by atomic mass is 10.2. The summed E-state index contributed by atoms with van der Waals surface area (Å²) in [5.74, 6) is -0.495. The van der Waals surface area contributed by atoms with E-state index in [1.54, 1.807) is 24.3 Å². The van der Waals surface area contributed by atoms with Gasteiger partial charge in [-0.15, -0.1) is 0 Å². The van der Waals surface area contributed by atoms with Gasteiger partial charge in [-0.3, -0.25) is 4.79 Å². The normalized spacial score (nSPS) is 10.7. The quantitative estimate of drug-likeness (QED) is 0.301. The third-order valence-corrected chi connectivity index (χ3v) is 3.02. The van der Waals surface area contributed by atoms with Gasteiger partial charge in [-0.05, 0) is 48.9 Å². The molecule has 0 atom stereocenters. The van der Waals surface area contributed by atoms with Crippen molar-refractivity contribution in [2.75, 3.05) is 10.6 Å². The number of phenols is 2. The minimum absolute atomic E-state index is 0.0254. The number of phenolic OH excluding ortho intramolecular Hbond substituents is 2. The van der Waals surface area contributed by atoms with Crippen LogP contribution < -0.4 is 10.6 Å². The molecule has 0 spiro atoms. The molecule has 0 heterocycles. The fourth-order valence-corrected chi connectivity index (χ4v) is 1.81. The fraction of sp³-hybridized carbons (Fsp3) is 0.0588. The molecule has 0 aliphatic carbocycles. The van der Waals surface area contributed by atoms with Crippen molar-refractivity contribution >= 4 is 17.3 Å². The Kier molecular flexibility index (Phi) is 4.85. The second-order valence-corrected chi connectivity index (χ2v) is 4.84. The van der Waals surface area contributed by atoms with Crippen molar-refractivity contribution in [1.82, 2.24) is 0 Å². The molecule has 0 saturated heterocycles. The molecular weight excluding hydrogens is 294 g/mol. The van der Waals surface area contributed by atoms with Crippen LogP contribution >= 0.6 is 0 Å². The minimum atomic E-state index is -0.600. The first-order valence-corrected chi connectivity index (χ1v) is 6.76. The molecule has 2 aromatic carbocycles. The number of aromatic hydroxyl groups is 2. The van der Waals surface area contributed by atoms with Crippen LogP contribution in [0.4, 0.5) is 11.4 Å². The van der Waals surface area contributed by atoms with E-state index in [1.807, 2.05) is 6.92 Å². The zero-order valence-corrected chi connectivity index (χ0v) is 12.4. The molecule has 2 aromatic rings. The van der Waals surface area contributed by atoms with Gasteiger partial charge in [0, 0.05) is 11.9 Å². The van der Waals surface area contributed by atoms with Gasteiger partial charge in [-0.25, -0.2) is 0 Å². The molecular formula is C17H15N3O3. The van der Waals surface area contributed by atoms with Crippen LogP contribution in [0.15, 0.2) is 54.2 Å². The van der Waals surface area contributed by atoms with Crippen LogP contribution in [0, 0.1) is 18.3 Å². The zero-order valence-electron chi connectivity index (χ0n) is 12.4. The van der Waals surface area contributed by atoms with Crippen LogP contribution in [0.2, 0.25) is 0 Å². The summed E-state index contributed by atoms with van der Waals surface area (Å²) in [6.07, 6.45) is 1.22. The van der Waals surface area contributed by atoms with E-state index >= 15 is 0 Å². The van der Waals surface area contributed by atoms with Crippen LogP contribution in [-0.4, -0.2) is 16.1 Å². The zero-order chi connectivity index (χ0) is 16.8. The van der Waals surface area contributed by atoms with E-state index < -0.39 is 5.91 Å². The standard InChI is InChI=1S/C17H15N3O3/c1-11-2-7-15(16(22)8-11)19-10-12(9-18)17(23)20-13-3-5-14(21)6-4-13/h2-8,10,19,21-22H,1H3,(H,20,23)/b12-10-. The number of nitrogens with one attached hydrogen (secondary N) is 2. The summed E-state index contributed by atoms with van der Waals surface area (Å²) in [5, 5.41) is 33.3. The molecule has 2 rings (SSSR count). The first-order chi connectivity index (χ1) is 11.0. The van der Waals surface area contributed by atoms with E-state index in [0.717, 1.165) is 5.56 Å². The molecule has 0 unspecified atom stereocenters. The number of aryl methyl sites for hydroxylation is 1.